The lowest BCUT2D eigenvalue weighted by atomic mass is 9.89. The smallest absolute Gasteiger partial charge is 0.155 e. The van der Waals surface area contributed by atoms with Crippen LogP contribution in [-0.2, 0) is 0 Å². The molecule has 1 unspecified atom stereocenters. The van der Waals surface area contributed by atoms with Gasteiger partial charge < -0.3 is 4.42 Å². The van der Waals surface area contributed by atoms with Gasteiger partial charge in [0.2, 0.25) is 0 Å². The van der Waals surface area contributed by atoms with E-state index in [2.05, 4.69) is 158 Å². The van der Waals surface area contributed by atoms with Crippen LogP contribution in [0.25, 0.3) is 77.1 Å². The van der Waals surface area contributed by atoms with E-state index < -0.39 is 0 Å². The van der Waals surface area contributed by atoms with Crippen LogP contribution in [-0.4, -0.2) is 16.5 Å². The number of para-hydroxylation sites is 1. The van der Waals surface area contributed by atoms with Gasteiger partial charge in [-0.15, -0.1) is 0 Å². The third-order valence-electron chi connectivity index (χ3n) is 11.5. The fraction of sp³-hybridized carbons (Fsp3) is 0.0364. The molecule has 0 aliphatic carbocycles. The molecule has 0 amide bonds. The van der Waals surface area contributed by atoms with E-state index in [9.17, 15) is 0 Å². The Labute approximate surface area is 342 Å². The summed E-state index contributed by atoms with van der Waals surface area (Å²) >= 11 is 0. The Balaban J connectivity index is 1.15. The molecule has 1 aliphatic heterocycles. The predicted molar refractivity (Wildman–Crippen MR) is 245 cm³/mol. The van der Waals surface area contributed by atoms with Crippen molar-refractivity contribution in [1.29, 1.82) is 0 Å². The minimum Gasteiger partial charge on any atom is -0.456 e. The number of hydrogen-bond acceptors (Lipinski definition) is 4. The summed E-state index contributed by atoms with van der Waals surface area (Å²) in [5, 5.41) is 5.69. The van der Waals surface area contributed by atoms with Crippen LogP contribution < -0.4 is 0 Å². The number of aliphatic imine (C=N–C) groups is 2. The number of furan rings is 1. The minimum atomic E-state index is -0.370. The summed E-state index contributed by atoms with van der Waals surface area (Å²) in [7, 11) is 0. The quantitative estimate of drug-likeness (QED) is 0.125. The Kier molecular flexibility index (Phi) is 8.41. The van der Waals surface area contributed by atoms with Crippen molar-refractivity contribution in [3.05, 3.63) is 223 Å². The molecule has 0 saturated carbocycles. The molecule has 2 aromatic heterocycles. The minimum absolute atomic E-state index is 0.370. The summed E-state index contributed by atoms with van der Waals surface area (Å²) in [6.07, 6.45) is 0.584. The summed E-state index contributed by atoms with van der Waals surface area (Å²) in [4.78, 5) is 16.2. The number of hydrogen-bond donors (Lipinski definition) is 0. The normalized spacial score (nSPS) is 14.4. The first-order valence-corrected chi connectivity index (χ1v) is 20.0. The zero-order valence-electron chi connectivity index (χ0n) is 32.2. The molecule has 278 valence electrons. The second kappa shape index (κ2) is 14.4. The Morgan fingerprint density at radius 2 is 1.15 bits per heavy atom. The molecule has 1 atom stereocenters. The monoisotopic (exact) mass is 755 g/mol. The third kappa shape index (κ3) is 6.32. The van der Waals surface area contributed by atoms with Gasteiger partial charge in [0.25, 0.3) is 0 Å². The lowest BCUT2D eigenvalue weighted by Crippen LogP contribution is -2.05. The lowest BCUT2D eigenvalue weighted by Gasteiger charge is -2.19. The number of pyridine rings is 1. The van der Waals surface area contributed by atoms with Crippen molar-refractivity contribution in [1.82, 2.24) is 4.98 Å². The van der Waals surface area contributed by atoms with Crippen LogP contribution in [0.3, 0.4) is 0 Å². The lowest BCUT2D eigenvalue weighted by molar-refractivity contribution is 0.669. The third-order valence-corrected chi connectivity index (χ3v) is 11.5. The van der Waals surface area contributed by atoms with Crippen LogP contribution in [0.4, 0.5) is 0 Å². The maximum Gasteiger partial charge on any atom is 0.155 e. The Morgan fingerprint density at radius 3 is 1.95 bits per heavy atom. The molecule has 11 rings (SSSR count). The van der Waals surface area contributed by atoms with E-state index in [1.165, 1.54) is 10.8 Å². The number of rotatable bonds is 6. The predicted octanol–water partition coefficient (Wildman–Crippen LogP) is 14.2. The standard InChI is InChI=1S/C55H37N3O/c1-35-29-49(38-18-7-3-8-19-38)57-55(39-20-9-4-10-21-39)58-54(35)43-31-41(40-26-28-52-47(33-40)45-23-13-14-24-51(45)59-52)30-42(32-43)50-34-46(36-15-5-2-6-16-36)53-44-22-12-11-17-37(44)25-27-48(53)56-50/h2-28,30-34,54H,1,29H2. The van der Waals surface area contributed by atoms with E-state index in [0.29, 0.717) is 12.3 Å². The van der Waals surface area contributed by atoms with Crippen molar-refractivity contribution in [3.8, 4) is 33.5 Å². The molecule has 0 radical (unpaired) electrons. The first-order valence-electron chi connectivity index (χ1n) is 20.0. The maximum atomic E-state index is 6.26. The van der Waals surface area contributed by atoms with Gasteiger partial charge in [-0.2, -0.15) is 0 Å². The number of amidine groups is 1. The number of benzene rings is 8. The molecule has 0 bridgehead atoms. The highest BCUT2D eigenvalue weighted by Gasteiger charge is 2.25. The molecule has 59 heavy (non-hydrogen) atoms. The van der Waals surface area contributed by atoms with Gasteiger partial charge in [0, 0.05) is 33.7 Å². The number of nitrogens with zero attached hydrogens (tertiary/aromatic N) is 3. The van der Waals surface area contributed by atoms with Gasteiger partial charge >= 0.3 is 0 Å². The molecular formula is C55H37N3O. The van der Waals surface area contributed by atoms with Crippen LogP contribution >= 0.6 is 0 Å². The van der Waals surface area contributed by atoms with E-state index in [1.54, 1.807) is 0 Å². The highest BCUT2D eigenvalue weighted by atomic mass is 16.3. The molecule has 0 N–H and O–H groups in total. The number of fused-ring (bicyclic) bond motifs is 6. The van der Waals surface area contributed by atoms with E-state index in [1.807, 2.05) is 36.4 Å². The second-order valence-corrected chi connectivity index (χ2v) is 15.2. The zero-order valence-corrected chi connectivity index (χ0v) is 32.2. The van der Waals surface area contributed by atoms with Gasteiger partial charge in [0.15, 0.2) is 5.84 Å². The van der Waals surface area contributed by atoms with Gasteiger partial charge in [-0.05, 0) is 98.3 Å². The van der Waals surface area contributed by atoms with Gasteiger partial charge in [-0.3, -0.25) is 4.99 Å². The van der Waals surface area contributed by atoms with E-state index in [0.717, 1.165) is 94.3 Å². The van der Waals surface area contributed by atoms with Crippen LogP contribution in [0.15, 0.2) is 221 Å². The highest BCUT2D eigenvalue weighted by Crippen LogP contribution is 2.41. The second-order valence-electron chi connectivity index (χ2n) is 15.2. The molecular weight excluding hydrogens is 719 g/mol. The first-order chi connectivity index (χ1) is 29.1. The Morgan fingerprint density at radius 1 is 0.492 bits per heavy atom. The average molecular weight is 756 g/mol. The van der Waals surface area contributed by atoms with Crippen LogP contribution in [0.5, 0.6) is 0 Å². The van der Waals surface area contributed by atoms with Crippen molar-refractivity contribution >= 4 is 55.2 Å². The number of aromatic nitrogens is 1. The Hall–Kier alpha value is -7.69. The largest absolute Gasteiger partial charge is 0.456 e. The first kappa shape index (κ1) is 34.5. The summed E-state index contributed by atoms with van der Waals surface area (Å²) in [5.74, 6) is 0.688. The molecule has 10 aromatic rings. The Bertz CT molecular complexity index is 3310. The van der Waals surface area contributed by atoms with Crippen molar-refractivity contribution in [2.45, 2.75) is 12.5 Å². The molecule has 4 heteroatoms. The SMILES string of the molecule is C=C1CC(c2ccccc2)=NC(c2ccccc2)=NC1c1cc(-c2ccc3oc4ccccc4c3c2)cc(-c2cc(-c3ccccc3)c3c(ccc4ccccc43)n2)c1. The molecule has 4 nitrogen and oxygen atoms in total. The van der Waals surface area contributed by atoms with Gasteiger partial charge in [-0.1, -0.05) is 152 Å². The average Bonchev–Trinajstić information content (AvgIpc) is 3.58. The molecule has 8 aromatic carbocycles. The summed E-state index contributed by atoms with van der Waals surface area (Å²) in [6.45, 7) is 4.72. The maximum absolute atomic E-state index is 6.26. The summed E-state index contributed by atoms with van der Waals surface area (Å²) in [5.41, 5.74) is 14.0. The van der Waals surface area contributed by atoms with E-state index >= 15 is 0 Å². The fourth-order valence-electron chi connectivity index (χ4n) is 8.59. The molecule has 1 aliphatic rings. The molecule has 0 fully saturated rings. The molecule has 3 heterocycles. The van der Waals surface area contributed by atoms with E-state index in [-0.39, 0.29) is 6.04 Å². The van der Waals surface area contributed by atoms with Gasteiger partial charge in [0.1, 0.15) is 11.2 Å². The topological polar surface area (TPSA) is 50.8 Å². The summed E-state index contributed by atoms with van der Waals surface area (Å²) in [6, 6.07) is 67.6. The van der Waals surface area contributed by atoms with Crippen molar-refractivity contribution in [2.75, 3.05) is 0 Å². The van der Waals surface area contributed by atoms with Gasteiger partial charge in [-0.25, -0.2) is 9.98 Å². The van der Waals surface area contributed by atoms with Crippen LogP contribution in [0.2, 0.25) is 0 Å². The van der Waals surface area contributed by atoms with E-state index in [4.69, 9.17) is 26.0 Å². The molecule has 0 spiro atoms. The van der Waals surface area contributed by atoms with Crippen molar-refractivity contribution < 1.29 is 4.42 Å². The van der Waals surface area contributed by atoms with Crippen LogP contribution in [0.1, 0.15) is 29.2 Å². The summed E-state index contributed by atoms with van der Waals surface area (Å²) < 4.78 is 6.26. The van der Waals surface area contributed by atoms with Gasteiger partial charge in [0.05, 0.1) is 23.0 Å². The van der Waals surface area contributed by atoms with Crippen molar-refractivity contribution in [2.24, 2.45) is 9.98 Å². The highest BCUT2D eigenvalue weighted by molar-refractivity contribution is 6.15. The van der Waals surface area contributed by atoms with Crippen LogP contribution in [0, 0.1) is 0 Å². The fourth-order valence-corrected chi connectivity index (χ4v) is 8.59. The molecule has 0 saturated heterocycles. The zero-order chi connectivity index (χ0) is 39.3. The van der Waals surface area contributed by atoms with Crippen molar-refractivity contribution in [3.63, 3.8) is 0 Å².